The Hall–Kier alpha value is -3.56. The first-order valence-corrected chi connectivity index (χ1v) is 10.2. The van der Waals surface area contributed by atoms with Gasteiger partial charge in [-0.25, -0.2) is 4.90 Å². The van der Waals surface area contributed by atoms with Crippen molar-refractivity contribution in [2.24, 2.45) is 22.4 Å². The molecule has 3 aliphatic heterocycles. The molecular weight excluding hydrogens is 416 g/mol. The highest BCUT2D eigenvalue weighted by Crippen LogP contribution is 2.48. The molecule has 0 aromatic heterocycles. The minimum Gasteiger partial charge on any atom is -0.490 e. The zero-order chi connectivity index (χ0) is 23.5. The fourth-order valence-electron chi connectivity index (χ4n) is 4.73. The summed E-state index contributed by atoms with van der Waals surface area (Å²) in [4.78, 5) is 52.3. The van der Waals surface area contributed by atoms with Gasteiger partial charge in [0.25, 0.3) is 0 Å². The van der Waals surface area contributed by atoms with Gasteiger partial charge in [0.05, 0.1) is 35.6 Å². The Labute approximate surface area is 184 Å². The minimum atomic E-state index is -0.903. The van der Waals surface area contributed by atoms with Gasteiger partial charge in [0.15, 0.2) is 11.5 Å². The SMILES string of the molecule is COc1cc(N2C(=O)[C@@H]3[C@H](C2=O)[C@H](C(=O)C(C)(C)C)N2N=CC=C[C@H]32)c(C)cc1[N+](=O)[O-]. The van der Waals surface area contributed by atoms with Gasteiger partial charge < -0.3 is 4.74 Å². The monoisotopic (exact) mass is 440 g/mol. The van der Waals surface area contributed by atoms with Crippen LogP contribution < -0.4 is 9.64 Å². The van der Waals surface area contributed by atoms with E-state index in [4.69, 9.17) is 4.74 Å². The van der Waals surface area contributed by atoms with Gasteiger partial charge in [-0.15, -0.1) is 0 Å². The van der Waals surface area contributed by atoms with E-state index < -0.39 is 46.1 Å². The van der Waals surface area contributed by atoms with Crippen molar-refractivity contribution in [1.29, 1.82) is 0 Å². The van der Waals surface area contributed by atoms with E-state index in [0.29, 0.717) is 5.56 Å². The fourth-order valence-corrected chi connectivity index (χ4v) is 4.73. The van der Waals surface area contributed by atoms with Gasteiger partial charge in [-0.1, -0.05) is 26.8 Å². The summed E-state index contributed by atoms with van der Waals surface area (Å²) in [5.41, 5.74) is -0.408. The van der Waals surface area contributed by atoms with Crippen molar-refractivity contribution >= 4 is 35.2 Å². The number of hydrazone groups is 1. The average Bonchev–Trinajstić information content (AvgIpc) is 3.19. The fraction of sp³-hybridized carbons (Fsp3) is 0.455. The Morgan fingerprint density at radius 2 is 1.84 bits per heavy atom. The number of methoxy groups -OCH3 is 1. The number of hydrogen-bond donors (Lipinski definition) is 0. The summed E-state index contributed by atoms with van der Waals surface area (Å²) in [5, 5.41) is 17.2. The molecule has 0 radical (unpaired) electrons. The maximum absolute atomic E-state index is 13.6. The lowest BCUT2D eigenvalue weighted by Gasteiger charge is -2.33. The van der Waals surface area contributed by atoms with Crippen LogP contribution in [-0.2, 0) is 14.4 Å². The molecule has 3 aliphatic rings. The second kappa shape index (κ2) is 7.25. The highest BCUT2D eigenvalue weighted by atomic mass is 16.6. The lowest BCUT2D eigenvalue weighted by Crippen LogP contribution is -2.49. The third-order valence-electron chi connectivity index (χ3n) is 6.23. The number of anilines is 1. The zero-order valence-corrected chi connectivity index (χ0v) is 18.4. The molecule has 2 fully saturated rings. The molecule has 32 heavy (non-hydrogen) atoms. The first-order chi connectivity index (χ1) is 15.0. The summed E-state index contributed by atoms with van der Waals surface area (Å²) in [6.45, 7) is 6.90. The van der Waals surface area contributed by atoms with Gasteiger partial charge in [-0.05, 0) is 18.6 Å². The lowest BCUT2D eigenvalue weighted by molar-refractivity contribution is -0.385. The molecule has 3 heterocycles. The Bertz CT molecular complexity index is 1100. The number of fused-ring (bicyclic) bond motifs is 3. The molecule has 0 aliphatic carbocycles. The van der Waals surface area contributed by atoms with Crippen LogP contribution in [0.15, 0.2) is 29.4 Å². The van der Waals surface area contributed by atoms with E-state index in [0.717, 1.165) is 4.90 Å². The number of Topliss-reactive ketones (excluding diaryl/α,β-unsaturated/α-hetero) is 1. The molecule has 2 amide bonds. The van der Waals surface area contributed by atoms with Crippen molar-refractivity contribution in [2.45, 2.75) is 39.8 Å². The van der Waals surface area contributed by atoms with Gasteiger partial charge in [0.1, 0.15) is 6.04 Å². The van der Waals surface area contributed by atoms with Gasteiger partial charge in [-0.2, -0.15) is 5.10 Å². The molecular formula is C22H24N4O6. The topological polar surface area (TPSA) is 122 Å². The van der Waals surface area contributed by atoms with E-state index in [1.165, 1.54) is 19.2 Å². The lowest BCUT2D eigenvalue weighted by atomic mass is 9.80. The number of aryl methyl sites for hydroxylation is 1. The first-order valence-electron chi connectivity index (χ1n) is 10.2. The molecule has 0 N–H and O–H groups in total. The van der Waals surface area contributed by atoms with E-state index >= 15 is 0 Å². The van der Waals surface area contributed by atoms with Crippen LogP contribution in [-0.4, -0.2) is 52.9 Å². The van der Waals surface area contributed by atoms with Crippen LogP contribution in [0.1, 0.15) is 26.3 Å². The van der Waals surface area contributed by atoms with E-state index in [9.17, 15) is 24.5 Å². The van der Waals surface area contributed by atoms with Gasteiger partial charge in [-0.3, -0.25) is 29.5 Å². The average molecular weight is 440 g/mol. The van der Waals surface area contributed by atoms with E-state index in [2.05, 4.69) is 5.10 Å². The Kier molecular flexibility index (Phi) is 4.91. The second-order valence-electron chi connectivity index (χ2n) is 9.21. The maximum atomic E-state index is 13.6. The zero-order valence-electron chi connectivity index (χ0n) is 18.4. The number of benzene rings is 1. The number of carbonyl (C=O) groups is 3. The number of nitro benzene ring substituents is 1. The quantitative estimate of drug-likeness (QED) is 0.400. The van der Waals surface area contributed by atoms with E-state index in [1.807, 2.05) is 0 Å². The van der Waals surface area contributed by atoms with Crippen LogP contribution in [0.3, 0.4) is 0 Å². The number of hydrogen-bond acceptors (Lipinski definition) is 8. The molecule has 1 aromatic carbocycles. The Morgan fingerprint density at radius 3 is 2.44 bits per heavy atom. The van der Waals surface area contributed by atoms with E-state index in [-0.39, 0.29) is 22.9 Å². The Balaban J connectivity index is 1.82. The van der Waals surface area contributed by atoms with E-state index in [1.54, 1.807) is 51.1 Å². The van der Waals surface area contributed by atoms with Crippen molar-refractivity contribution in [3.63, 3.8) is 0 Å². The van der Waals surface area contributed by atoms with Gasteiger partial charge in [0, 0.05) is 23.8 Å². The molecule has 0 spiro atoms. The summed E-state index contributed by atoms with van der Waals surface area (Å²) < 4.78 is 5.13. The highest BCUT2D eigenvalue weighted by Gasteiger charge is 2.65. The third kappa shape index (κ3) is 3.01. The summed E-state index contributed by atoms with van der Waals surface area (Å²) in [5.74, 6) is -2.89. The molecule has 10 heteroatoms. The van der Waals surface area contributed by atoms with Crippen molar-refractivity contribution in [1.82, 2.24) is 5.01 Å². The number of nitro groups is 1. The molecule has 4 atom stereocenters. The number of rotatable bonds is 4. The maximum Gasteiger partial charge on any atom is 0.311 e. The third-order valence-corrected chi connectivity index (χ3v) is 6.23. The standard InChI is InChI=1S/C22H24N4O6/c1-11-9-14(26(30)31)15(32-5)10-13(11)24-20(28)16-12-7-6-8-23-25(12)18(17(16)21(24)29)19(27)22(2,3)4/h6-10,12,16-18H,1-5H3/t12-,16+,17+,18-/m1/s1. The summed E-state index contributed by atoms with van der Waals surface area (Å²) in [7, 11) is 1.28. The van der Waals surface area contributed by atoms with Crippen LogP contribution in [0.2, 0.25) is 0 Å². The number of ether oxygens (including phenoxy) is 1. The Morgan fingerprint density at radius 1 is 1.19 bits per heavy atom. The van der Waals surface area contributed by atoms with Crippen LogP contribution in [0.4, 0.5) is 11.4 Å². The van der Waals surface area contributed by atoms with Crippen molar-refractivity contribution in [3.8, 4) is 5.75 Å². The predicted octanol–water partition coefficient (Wildman–Crippen LogP) is 2.24. The number of ketones is 1. The van der Waals surface area contributed by atoms with Crippen molar-refractivity contribution in [3.05, 3.63) is 40.0 Å². The molecule has 10 nitrogen and oxygen atoms in total. The highest BCUT2D eigenvalue weighted by molar-refractivity contribution is 6.24. The van der Waals surface area contributed by atoms with Crippen LogP contribution in [0.25, 0.3) is 0 Å². The molecule has 0 unspecified atom stereocenters. The largest absolute Gasteiger partial charge is 0.490 e. The smallest absolute Gasteiger partial charge is 0.311 e. The van der Waals surface area contributed by atoms with Crippen LogP contribution >= 0.6 is 0 Å². The molecule has 2 saturated heterocycles. The number of imide groups is 1. The minimum absolute atomic E-state index is 0.0561. The van der Waals surface area contributed by atoms with Crippen LogP contribution in [0, 0.1) is 34.3 Å². The molecule has 4 rings (SSSR count). The number of nitrogens with zero attached hydrogens (tertiary/aromatic N) is 4. The predicted molar refractivity (Wildman–Crippen MR) is 115 cm³/mol. The number of carbonyl (C=O) groups excluding carboxylic acids is 3. The molecule has 0 saturated carbocycles. The number of allylic oxidation sites excluding steroid dienone is 1. The summed E-state index contributed by atoms with van der Waals surface area (Å²) in [6.07, 6.45) is 5.01. The van der Waals surface area contributed by atoms with Crippen LogP contribution in [0.5, 0.6) is 5.75 Å². The normalized spacial score (nSPS) is 26.4. The number of amides is 2. The molecule has 168 valence electrons. The van der Waals surface area contributed by atoms with Crippen molar-refractivity contribution < 1.29 is 24.0 Å². The van der Waals surface area contributed by atoms with Gasteiger partial charge >= 0.3 is 5.69 Å². The second-order valence-corrected chi connectivity index (χ2v) is 9.21. The molecule has 1 aromatic rings. The van der Waals surface area contributed by atoms with Gasteiger partial charge in [0.2, 0.25) is 11.8 Å². The van der Waals surface area contributed by atoms with Crippen molar-refractivity contribution in [2.75, 3.05) is 12.0 Å². The first kappa shape index (κ1) is 21.7. The molecule has 0 bridgehead atoms. The summed E-state index contributed by atoms with van der Waals surface area (Å²) >= 11 is 0. The summed E-state index contributed by atoms with van der Waals surface area (Å²) in [6, 6.07) is 1.20.